The van der Waals surface area contributed by atoms with E-state index in [-0.39, 0.29) is 0 Å². The molecule has 0 spiro atoms. The molecule has 1 rings (SSSR count). The highest BCUT2D eigenvalue weighted by Crippen LogP contribution is 2.35. The Morgan fingerprint density at radius 2 is 1.86 bits per heavy atom. The Morgan fingerprint density at radius 1 is 1.14 bits per heavy atom. The monoisotopic (exact) mass is 298 g/mol. The zero-order valence-electron chi connectivity index (χ0n) is 15.0. The molecule has 0 bridgehead atoms. The fourth-order valence-corrected chi connectivity index (χ4v) is 3.49. The van der Waals surface area contributed by atoms with Crippen molar-refractivity contribution in [2.75, 3.05) is 39.3 Å². The number of hydrogen-bond acceptors (Lipinski definition) is 3. The highest BCUT2D eigenvalue weighted by molar-refractivity contribution is 4.81. The number of ether oxygens (including phenoxy) is 1. The first-order valence-corrected chi connectivity index (χ1v) is 9.13. The summed E-state index contributed by atoms with van der Waals surface area (Å²) in [6.45, 7) is 17.9. The van der Waals surface area contributed by atoms with Gasteiger partial charge in [-0.2, -0.15) is 0 Å². The van der Waals surface area contributed by atoms with Crippen molar-refractivity contribution in [3.05, 3.63) is 0 Å². The van der Waals surface area contributed by atoms with Crippen molar-refractivity contribution in [2.45, 2.75) is 60.0 Å². The lowest BCUT2D eigenvalue weighted by Gasteiger charge is -2.37. The molecule has 126 valence electrons. The molecular formula is C18H38N2O. The van der Waals surface area contributed by atoms with Crippen molar-refractivity contribution >= 4 is 0 Å². The molecule has 3 unspecified atom stereocenters. The summed E-state index contributed by atoms with van der Waals surface area (Å²) < 4.78 is 6.21. The SMILES string of the molecule is CCN(CC)CCNCCOC1CC(C)CCC1C(C)C. The molecule has 0 saturated heterocycles. The number of hydrogen-bond donors (Lipinski definition) is 1. The van der Waals surface area contributed by atoms with Gasteiger partial charge in [0.15, 0.2) is 0 Å². The van der Waals surface area contributed by atoms with Crippen LogP contribution in [0.15, 0.2) is 0 Å². The molecule has 3 nitrogen and oxygen atoms in total. The van der Waals surface area contributed by atoms with E-state index in [1.165, 1.54) is 19.3 Å². The van der Waals surface area contributed by atoms with Gasteiger partial charge in [-0.25, -0.2) is 0 Å². The average molecular weight is 299 g/mol. The molecule has 1 aliphatic carbocycles. The lowest BCUT2D eigenvalue weighted by atomic mass is 9.75. The van der Waals surface area contributed by atoms with Crippen LogP contribution in [0.25, 0.3) is 0 Å². The summed E-state index contributed by atoms with van der Waals surface area (Å²) in [6.07, 6.45) is 4.46. The van der Waals surface area contributed by atoms with Crippen molar-refractivity contribution in [1.29, 1.82) is 0 Å². The van der Waals surface area contributed by atoms with Gasteiger partial charge in [0.05, 0.1) is 12.7 Å². The highest BCUT2D eigenvalue weighted by Gasteiger charge is 2.31. The van der Waals surface area contributed by atoms with Crippen molar-refractivity contribution in [3.8, 4) is 0 Å². The first-order chi connectivity index (χ1) is 10.1. The largest absolute Gasteiger partial charge is 0.377 e. The molecule has 0 aliphatic heterocycles. The Morgan fingerprint density at radius 3 is 2.48 bits per heavy atom. The van der Waals surface area contributed by atoms with Crippen molar-refractivity contribution < 1.29 is 4.74 Å². The van der Waals surface area contributed by atoms with E-state index in [9.17, 15) is 0 Å². The second kappa shape index (κ2) is 10.6. The van der Waals surface area contributed by atoms with Crippen LogP contribution in [-0.4, -0.2) is 50.3 Å². The number of rotatable bonds is 10. The van der Waals surface area contributed by atoms with E-state index in [2.05, 4.69) is 44.8 Å². The maximum Gasteiger partial charge on any atom is 0.0608 e. The van der Waals surface area contributed by atoms with E-state index < -0.39 is 0 Å². The number of nitrogens with one attached hydrogen (secondary N) is 1. The molecule has 1 aliphatic rings. The molecule has 21 heavy (non-hydrogen) atoms. The summed E-state index contributed by atoms with van der Waals surface area (Å²) in [7, 11) is 0. The maximum atomic E-state index is 6.21. The molecule has 0 aromatic heterocycles. The molecule has 3 atom stereocenters. The molecule has 1 saturated carbocycles. The Hall–Kier alpha value is -0.120. The molecule has 0 aromatic rings. The standard InChI is InChI=1S/C18H38N2O/c1-6-20(7-2)12-10-19-11-13-21-18-14-16(5)8-9-17(18)15(3)4/h15-19H,6-14H2,1-5H3. The maximum absolute atomic E-state index is 6.21. The fourth-order valence-electron chi connectivity index (χ4n) is 3.49. The molecular weight excluding hydrogens is 260 g/mol. The third-order valence-corrected chi connectivity index (χ3v) is 5.07. The fraction of sp³-hybridized carbons (Fsp3) is 1.00. The second-order valence-electron chi connectivity index (χ2n) is 7.01. The van der Waals surface area contributed by atoms with E-state index in [0.29, 0.717) is 6.10 Å². The predicted octanol–water partition coefficient (Wildman–Crippen LogP) is 3.40. The van der Waals surface area contributed by atoms with E-state index >= 15 is 0 Å². The van der Waals surface area contributed by atoms with Gasteiger partial charge in [-0.3, -0.25) is 0 Å². The van der Waals surface area contributed by atoms with Gasteiger partial charge in [-0.15, -0.1) is 0 Å². The van der Waals surface area contributed by atoms with Gasteiger partial charge >= 0.3 is 0 Å². The molecule has 1 N–H and O–H groups in total. The summed E-state index contributed by atoms with van der Waals surface area (Å²) in [5, 5.41) is 3.51. The molecule has 1 fully saturated rings. The van der Waals surface area contributed by atoms with Crippen LogP contribution in [0.2, 0.25) is 0 Å². The topological polar surface area (TPSA) is 24.5 Å². The van der Waals surface area contributed by atoms with Crippen LogP contribution >= 0.6 is 0 Å². The Bertz CT molecular complexity index is 254. The Labute approximate surface area is 132 Å². The van der Waals surface area contributed by atoms with Gasteiger partial charge in [-0.1, -0.05) is 41.0 Å². The summed E-state index contributed by atoms with van der Waals surface area (Å²) in [5.74, 6) is 2.34. The predicted molar refractivity (Wildman–Crippen MR) is 91.7 cm³/mol. The van der Waals surface area contributed by atoms with Crippen molar-refractivity contribution in [1.82, 2.24) is 10.2 Å². The van der Waals surface area contributed by atoms with Crippen LogP contribution in [0.3, 0.4) is 0 Å². The van der Waals surface area contributed by atoms with E-state index in [1.54, 1.807) is 0 Å². The quantitative estimate of drug-likeness (QED) is 0.626. The number of nitrogens with zero attached hydrogens (tertiary/aromatic N) is 1. The van der Waals surface area contributed by atoms with Gasteiger partial charge in [0.1, 0.15) is 0 Å². The average Bonchev–Trinajstić information content (AvgIpc) is 2.46. The van der Waals surface area contributed by atoms with Gasteiger partial charge in [0, 0.05) is 19.6 Å². The van der Waals surface area contributed by atoms with Crippen LogP contribution in [0.1, 0.15) is 53.9 Å². The molecule has 0 heterocycles. The van der Waals surface area contributed by atoms with Crippen LogP contribution in [0.4, 0.5) is 0 Å². The first kappa shape index (κ1) is 18.9. The molecule has 0 radical (unpaired) electrons. The summed E-state index contributed by atoms with van der Waals surface area (Å²) in [6, 6.07) is 0. The lowest BCUT2D eigenvalue weighted by molar-refractivity contribution is -0.0367. The minimum absolute atomic E-state index is 0.485. The van der Waals surface area contributed by atoms with Gasteiger partial charge in [0.25, 0.3) is 0 Å². The Kier molecular flexibility index (Phi) is 9.54. The van der Waals surface area contributed by atoms with Gasteiger partial charge in [0.2, 0.25) is 0 Å². The second-order valence-corrected chi connectivity index (χ2v) is 7.01. The van der Waals surface area contributed by atoms with Crippen molar-refractivity contribution in [3.63, 3.8) is 0 Å². The van der Waals surface area contributed by atoms with E-state index in [4.69, 9.17) is 4.74 Å². The smallest absolute Gasteiger partial charge is 0.0608 e. The summed E-state index contributed by atoms with van der Waals surface area (Å²) in [4.78, 5) is 2.45. The van der Waals surface area contributed by atoms with Crippen LogP contribution < -0.4 is 5.32 Å². The third-order valence-electron chi connectivity index (χ3n) is 5.07. The van der Waals surface area contributed by atoms with Gasteiger partial charge in [-0.05, 0) is 43.7 Å². The minimum atomic E-state index is 0.485. The molecule has 0 amide bonds. The van der Waals surface area contributed by atoms with Crippen LogP contribution in [0, 0.1) is 17.8 Å². The number of likely N-dealkylation sites (N-methyl/N-ethyl adjacent to an activating group) is 1. The normalized spacial score (nSPS) is 26.7. The molecule has 3 heteroatoms. The lowest BCUT2D eigenvalue weighted by Crippen LogP contribution is -2.37. The van der Waals surface area contributed by atoms with E-state index in [0.717, 1.165) is 57.1 Å². The summed E-state index contributed by atoms with van der Waals surface area (Å²) in [5.41, 5.74) is 0. The highest BCUT2D eigenvalue weighted by atomic mass is 16.5. The van der Waals surface area contributed by atoms with Crippen LogP contribution in [0.5, 0.6) is 0 Å². The Balaban J connectivity index is 2.15. The van der Waals surface area contributed by atoms with Gasteiger partial charge < -0.3 is 15.0 Å². The van der Waals surface area contributed by atoms with Crippen molar-refractivity contribution in [2.24, 2.45) is 17.8 Å². The minimum Gasteiger partial charge on any atom is -0.377 e. The van der Waals surface area contributed by atoms with Crippen LogP contribution in [-0.2, 0) is 4.74 Å². The first-order valence-electron chi connectivity index (χ1n) is 9.13. The summed E-state index contributed by atoms with van der Waals surface area (Å²) >= 11 is 0. The third kappa shape index (κ3) is 7.12. The van der Waals surface area contributed by atoms with E-state index in [1.807, 2.05) is 0 Å². The molecule has 0 aromatic carbocycles. The zero-order chi connectivity index (χ0) is 15.7. The zero-order valence-corrected chi connectivity index (χ0v) is 15.0.